The van der Waals surface area contributed by atoms with E-state index in [1.807, 2.05) is 0 Å². The van der Waals surface area contributed by atoms with Gasteiger partial charge >= 0.3 is 0 Å². The van der Waals surface area contributed by atoms with Gasteiger partial charge in [-0.25, -0.2) is 0 Å². The van der Waals surface area contributed by atoms with E-state index >= 15 is 0 Å². The van der Waals surface area contributed by atoms with Gasteiger partial charge in [0.2, 0.25) is 0 Å². The van der Waals surface area contributed by atoms with Gasteiger partial charge in [-0.2, -0.15) is 0 Å². The molecule has 2 heterocycles. The molecular weight excluding hydrogens is 180 g/mol. The monoisotopic (exact) mass is 192 g/mol. The Balaban J connectivity index is 1.61. The van der Waals surface area contributed by atoms with E-state index < -0.39 is 0 Å². The molecule has 1 aromatic heterocycles. The van der Waals surface area contributed by atoms with Crippen LogP contribution in [0.3, 0.4) is 0 Å². The summed E-state index contributed by atoms with van der Waals surface area (Å²) in [5.74, 6) is 1.30. The number of furan rings is 1. The third-order valence-corrected chi connectivity index (χ3v) is 3.17. The van der Waals surface area contributed by atoms with Crippen molar-refractivity contribution in [3.63, 3.8) is 0 Å². The molecule has 1 aromatic rings. The van der Waals surface area contributed by atoms with E-state index in [0.717, 1.165) is 13.1 Å². The van der Waals surface area contributed by atoms with Crippen molar-refractivity contribution in [3.05, 3.63) is 24.2 Å². The smallest absolute Gasteiger partial charge is 0.254 e. The first kappa shape index (κ1) is 8.05. The first-order valence-electron chi connectivity index (χ1n) is 4.90. The van der Waals surface area contributed by atoms with Crippen LogP contribution in [0.2, 0.25) is 0 Å². The standard InChI is InChI=1S/C10H12N2O2/c13-10(6-1-2-14-5-6)12-9-7-3-11-4-8(7)9/h1-2,5,7-9,11H,3-4H2,(H,12,13). The Kier molecular flexibility index (Phi) is 1.64. The summed E-state index contributed by atoms with van der Waals surface area (Å²) in [5.41, 5.74) is 0.614. The summed E-state index contributed by atoms with van der Waals surface area (Å²) < 4.78 is 4.86. The van der Waals surface area contributed by atoms with Crippen LogP contribution in [0.25, 0.3) is 0 Å². The van der Waals surface area contributed by atoms with Gasteiger partial charge in [-0.3, -0.25) is 4.79 Å². The van der Waals surface area contributed by atoms with Crippen LogP contribution in [0.1, 0.15) is 10.4 Å². The fourth-order valence-electron chi connectivity index (χ4n) is 2.26. The molecule has 2 aliphatic rings. The Hall–Kier alpha value is -1.29. The first-order valence-corrected chi connectivity index (χ1v) is 4.90. The maximum Gasteiger partial charge on any atom is 0.254 e. The lowest BCUT2D eigenvalue weighted by atomic mass is 10.3. The number of piperidine rings is 1. The quantitative estimate of drug-likeness (QED) is 0.705. The molecule has 2 fully saturated rings. The van der Waals surface area contributed by atoms with Gasteiger partial charge in [0.05, 0.1) is 11.8 Å². The number of fused-ring (bicyclic) bond motifs is 1. The van der Waals surface area contributed by atoms with E-state index in [9.17, 15) is 4.79 Å². The van der Waals surface area contributed by atoms with Gasteiger partial charge in [0.1, 0.15) is 6.26 Å². The van der Waals surface area contributed by atoms with Crippen LogP contribution in [0.4, 0.5) is 0 Å². The summed E-state index contributed by atoms with van der Waals surface area (Å²) in [6, 6.07) is 2.07. The molecule has 1 saturated heterocycles. The fraction of sp³-hybridized carbons (Fsp3) is 0.500. The van der Waals surface area contributed by atoms with E-state index in [-0.39, 0.29) is 5.91 Å². The molecule has 1 aliphatic heterocycles. The molecule has 3 rings (SSSR count). The second-order valence-electron chi connectivity index (χ2n) is 4.00. The zero-order chi connectivity index (χ0) is 9.54. The third-order valence-electron chi connectivity index (χ3n) is 3.17. The molecule has 2 atom stereocenters. The highest BCUT2D eigenvalue weighted by Crippen LogP contribution is 2.41. The Bertz CT molecular complexity index is 337. The molecule has 0 aromatic carbocycles. The summed E-state index contributed by atoms with van der Waals surface area (Å²) in [6.45, 7) is 2.09. The molecule has 4 nitrogen and oxygen atoms in total. The first-order chi connectivity index (χ1) is 6.86. The summed E-state index contributed by atoms with van der Waals surface area (Å²) in [5, 5.41) is 6.31. The molecule has 0 spiro atoms. The van der Waals surface area contributed by atoms with Crippen molar-refractivity contribution in [2.24, 2.45) is 11.8 Å². The second-order valence-corrected chi connectivity index (χ2v) is 4.00. The minimum Gasteiger partial charge on any atom is -0.472 e. The minimum absolute atomic E-state index is 0.0156. The predicted octanol–water partition coefficient (Wildman–Crippen LogP) is 0.227. The topological polar surface area (TPSA) is 54.3 Å². The lowest BCUT2D eigenvalue weighted by Gasteiger charge is -2.05. The number of carbonyl (C=O) groups excluding carboxylic acids is 1. The molecule has 0 bridgehead atoms. The average molecular weight is 192 g/mol. The van der Waals surface area contributed by atoms with Crippen LogP contribution in [-0.4, -0.2) is 25.0 Å². The van der Waals surface area contributed by atoms with Gasteiger partial charge in [0.15, 0.2) is 0 Å². The van der Waals surface area contributed by atoms with E-state index in [1.165, 1.54) is 12.5 Å². The van der Waals surface area contributed by atoms with Crippen LogP contribution >= 0.6 is 0 Å². The minimum atomic E-state index is -0.0156. The van der Waals surface area contributed by atoms with Crippen molar-refractivity contribution in [3.8, 4) is 0 Å². The molecule has 0 radical (unpaired) electrons. The summed E-state index contributed by atoms with van der Waals surface area (Å²) >= 11 is 0. The largest absolute Gasteiger partial charge is 0.472 e. The van der Waals surface area contributed by atoms with Crippen molar-refractivity contribution in [1.82, 2.24) is 10.6 Å². The van der Waals surface area contributed by atoms with Crippen molar-refractivity contribution in [1.29, 1.82) is 0 Å². The van der Waals surface area contributed by atoms with Crippen LogP contribution in [0, 0.1) is 11.8 Å². The van der Waals surface area contributed by atoms with Gasteiger partial charge in [-0.15, -0.1) is 0 Å². The van der Waals surface area contributed by atoms with Crippen LogP contribution in [0.5, 0.6) is 0 Å². The fourth-order valence-corrected chi connectivity index (χ4v) is 2.26. The molecule has 2 N–H and O–H groups in total. The molecule has 4 heteroatoms. The molecule has 14 heavy (non-hydrogen) atoms. The molecule has 1 amide bonds. The van der Waals surface area contributed by atoms with Gasteiger partial charge in [-0.05, 0) is 17.9 Å². The van der Waals surface area contributed by atoms with Gasteiger partial charge in [0.25, 0.3) is 5.91 Å². The average Bonchev–Trinajstić information content (AvgIpc) is 2.75. The van der Waals surface area contributed by atoms with Crippen LogP contribution in [0.15, 0.2) is 23.0 Å². The van der Waals surface area contributed by atoms with E-state index in [1.54, 1.807) is 6.07 Å². The SMILES string of the molecule is O=C(NC1C2CNCC21)c1ccoc1. The number of hydrogen-bond acceptors (Lipinski definition) is 3. The Morgan fingerprint density at radius 1 is 1.50 bits per heavy atom. The lowest BCUT2D eigenvalue weighted by Crippen LogP contribution is -2.32. The summed E-state index contributed by atoms with van der Waals surface area (Å²) in [6.07, 6.45) is 3.00. The van der Waals surface area contributed by atoms with Crippen LogP contribution < -0.4 is 10.6 Å². The van der Waals surface area contributed by atoms with Crippen molar-refractivity contribution >= 4 is 5.91 Å². The number of hydrogen-bond donors (Lipinski definition) is 2. The van der Waals surface area contributed by atoms with E-state index in [0.29, 0.717) is 23.4 Å². The number of carbonyl (C=O) groups is 1. The molecule has 1 aliphatic carbocycles. The predicted molar refractivity (Wildman–Crippen MR) is 49.8 cm³/mol. The Labute approximate surface area is 81.7 Å². The van der Waals surface area contributed by atoms with Crippen molar-refractivity contribution in [2.45, 2.75) is 6.04 Å². The highest BCUT2D eigenvalue weighted by molar-refractivity contribution is 5.94. The zero-order valence-corrected chi connectivity index (χ0v) is 7.69. The van der Waals surface area contributed by atoms with Gasteiger partial charge in [0, 0.05) is 19.1 Å². The van der Waals surface area contributed by atoms with Crippen molar-refractivity contribution < 1.29 is 9.21 Å². The number of amides is 1. The summed E-state index contributed by atoms with van der Waals surface area (Å²) in [4.78, 5) is 11.6. The normalized spacial score (nSPS) is 33.9. The lowest BCUT2D eigenvalue weighted by molar-refractivity contribution is 0.0946. The van der Waals surface area contributed by atoms with E-state index in [2.05, 4.69) is 10.6 Å². The maximum absolute atomic E-state index is 11.6. The molecule has 2 unspecified atom stereocenters. The number of nitrogens with one attached hydrogen (secondary N) is 2. The van der Waals surface area contributed by atoms with Crippen molar-refractivity contribution in [2.75, 3.05) is 13.1 Å². The highest BCUT2D eigenvalue weighted by atomic mass is 16.3. The molecular formula is C10H12N2O2. The van der Waals surface area contributed by atoms with Crippen LogP contribution in [-0.2, 0) is 0 Å². The zero-order valence-electron chi connectivity index (χ0n) is 7.69. The third kappa shape index (κ3) is 1.14. The van der Waals surface area contributed by atoms with Gasteiger partial charge < -0.3 is 15.1 Å². The number of rotatable bonds is 2. The Morgan fingerprint density at radius 3 is 2.93 bits per heavy atom. The molecule has 1 saturated carbocycles. The second kappa shape index (κ2) is 2.85. The highest BCUT2D eigenvalue weighted by Gasteiger charge is 2.53. The Morgan fingerprint density at radius 2 is 2.29 bits per heavy atom. The molecule has 74 valence electrons. The maximum atomic E-state index is 11.6. The van der Waals surface area contributed by atoms with E-state index in [4.69, 9.17) is 4.42 Å². The van der Waals surface area contributed by atoms with Gasteiger partial charge in [-0.1, -0.05) is 0 Å². The summed E-state index contributed by atoms with van der Waals surface area (Å²) in [7, 11) is 0.